The zero-order valence-corrected chi connectivity index (χ0v) is 30.3. The summed E-state index contributed by atoms with van der Waals surface area (Å²) in [7, 11) is 2.60. The van der Waals surface area contributed by atoms with Crippen LogP contribution in [0.1, 0.15) is 82.5 Å². The molecule has 1 aromatic carbocycles. The molecule has 2 aliphatic carbocycles. The van der Waals surface area contributed by atoms with Crippen molar-refractivity contribution in [1.29, 1.82) is 0 Å². The number of methoxy groups -OCH3 is 2. The van der Waals surface area contributed by atoms with E-state index in [1.54, 1.807) is 24.8 Å². The molecule has 0 unspecified atom stereocenters. The Bertz CT molecular complexity index is 1860. The van der Waals surface area contributed by atoms with Gasteiger partial charge in [-0.15, -0.1) is 0 Å². The molecule has 5 heterocycles. The van der Waals surface area contributed by atoms with E-state index in [1.807, 2.05) is 34.1 Å². The Labute approximate surface area is 319 Å². The maximum absolute atomic E-state index is 13.5. The monoisotopic (exact) mass is 752 g/mol. The van der Waals surface area contributed by atoms with Crippen LogP contribution in [0.5, 0.6) is 0 Å². The molecule has 2 saturated heterocycles. The third kappa shape index (κ3) is 7.89. The van der Waals surface area contributed by atoms with E-state index >= 15 is 0 Å². The summed E-state index contributed by atoms with van der Waals surface area (Å²) >= 11 is 0. The van der Waals surface area contributed by atoms with Gasteiger partial charge in [0.1, 0.15) is 23.7 Å². The highest BCUT2D eigenvalue weighted by atomic mass is 16.5. The SMILES string of the molecule is C.COC(=O)N[C@H](C(=O)N1CCC[C@H]1c1ncc(-c2ccc(-c3ncc(-c4cnc([C@@H]5CCCN5C(=O)[C@@H](NC(=O)OC)C5CC5)[nH]4)cn3)cc2)[nH]1)C1CC1. The second-order valence-corrected chi connectivity index (χ2v) is 14.5. The topological polar surface area (TPSA) is 200 Å². The first-order chi connectivity index (χ1) is 26.3. The lowest BCUT2D eigenvalue weighted by molar-refractivity contribution is -0.135. The smallest absolute Gasteiger partial charge is 0.407 e. The van der Waals surface area contributed by atoms with Crippen LogP contribution in [0.25, 0.3) is 33.9 Å². The number of nitrogens with one attached hydrogen (secondary N) is 4. The molecule has 8 rings (SSSR count). The number of aromatic nitrogens is 6. The molecule has 290 valence electrons. The van der Waals surface area contributed by atoms with Crippen LogP contribution in [0, 0.1) is 11.8 Å². The Morgan fingerprint density at radius 2 is 1.07 bits per heavy atom. The lowest BCUT2D eigenvalue weighted by Gasteiger charge is -2.28. The van der Waals surface area contributed by atoms with Crippen LogP contribution in [-0.2, 0) is 19.1 Å². The minimum Gasteiger partial charge on any atom is -0.453 e. The molecule has 0 radical (unpaired) electrons. The Balaban J connectivity index is 0.00000465. The molecular weight excluding hydrogens is 704 g/mol. The average molecular weight is 753 g/mol. The van der Waals surface area contributed by atoms with Gasteiger partial charge in [0.2, 0.25) is 11.8 Å². The first-order valence-electron chi connectivity index (χ1n) is 18.6. The van der Waals surface area contributed by atoms with Gasteiger partial charge in [-0.25, -0.2) is 29.5 Å². The van der Waals surface area contributed by atoms with Crippen LogP contribution in [0.3, 0.4) is 0 Å². The number of aromatic amines is 2. The predicted octanol–water partition coefficient (Wildman–Crippen LogP) is 5.16. The second-order valence-electron chi connectivity index (χ2n) is 14.5. The van der Waals surface area contributed by atoms with Crippen molar-refractivity contribution in [1.82, 2.24) is 50.3 Å². The molecule has 3 aromatic heterocycles. The fourth-order valence-electron chi connectivity index (χ4n) is 7.70. The maximum atomic E-state index is 13.5. The predicted molar refractivity (Wildman–Crippen MR) is 201 cm³/mol. The van der Waals surface area contributed by atoms with E-state index in [0.717, 1.165) is 85.3 Å². The van der Waals surface area contributed by atoms with Gasteiger partial charge in [0.15, 0.2) is 5.82 Å². The van der Waals surface area contributed by atoms with Gasteiger partial charge in [0.25, 0.3) is 0 Å². The van der Waals surface area contributed by atoms with Gasteiger partial charge in [-0.2, -0.15) is 0 Å². The number of carbonyl (C=O) groups excluding carboxylic acids is 4. The molecule has 4 fully saturated rings. The van der Waals surface area contributed by atoms with E-state index in [2.05, 4.69) is 40.5 Å². The number of H-pyrrole nitrogens is 2. The zero-order chi connectivity index (χ0) is 37.3. The molecule has 16 nitrogen and oxygen atoms in total. The molecule has 4 aliphatic rings. The quantitative estimate of drug-likeness (QED) is 0.159. The summed E-state index contributed by atoms with van der Waals surface area (Å²) in [5, 5.41) is 5.48. The van der Waals surface area contributed by atoms with Crippen LogP contribution in [0.2, 0.25) is 0 Å². The number of carbonyl (C=O) groups is 4. The molecule has 4 atom stereocenters. The lowest BCUT2D eigenvalue weighted by Crippen LogP contribution is -2.49. The molecule has 0 bridgehead atoms. The largest absolute Gasteiger partial charge is 0.453 e. The van der Waals surface area contributed by atoms with Crippen molar-refractivity contribution >= 4 is 24.0 Å². The van der Waals surface area contributed by atoms with Gasteiger partial charge < -0.3 is 39.9 Å². The average Bonchev–Trinajstić information content (AvgIpc) is 3.92. The van der Waals surface area contributed by atoms with E-state index < -0.39 is 24.3 Å². The van der Waals surface area contributed by atoms with E-state index in [1.165, 1.54) is 14.2 Å². The van der Waals surface area contributed by atoms with Crippen molar-refractivity contribution in [2.75, 3.05) is 27.3 Å². The standard InChI is InChI=1S/C38H44N10O6.CH4/c1-53-37(51)45-30(22-9-10-22)35(49)47-15-3-5-28(47)33-41-19-26(43-33)21-7-13-24(14-8-21)32-39-17-25(18-40-32)27-20-42-34(44-27)29-6-4-16-48(29)36(50)31(23-11-12-23)46-38(52)54-2;/h7-8,13-14,17-20,22-23,28-31H,3-6,9-12,15-16H2,1-2H3,(H,41,43)(H,42,44)(H,45,51)(H,46,52);1H4/t28-,29-,30-,31-;/m0./s1. The molecule has 16 heteroatoms. The van der Waals surface area contributed by atoms with Crippen molar-refractivity contribution in [3.63, 3.8) is 0 Å². The molecule has 0 spiro atoms. The highest BCUT2D eigenvalue weighted by molar-refractivity contribution is 5.87. The molecule has 2 saturated carbocycles. The van der Waals surface area contributed by atoms with Gasteiger partial charge in [-0.3, -0.25) is 9.59 Å². The Hall–Kier alpha value is -5.80. The molecule has 4 N–H and O–H groups in total. The van der Waals surface area contributed by atoms with E-state index in [0.29, 0.717) is 24.7 Å². The van der Waals surface area contributed by atoms with E-state index in [9.17, 15) is 19.2 Å². The van der Waals surface area contributed by atoms with Gasteiger partial charge in [0.05, 0.1) is 50.1 Å². The van der Waals surface area contributed by atoms with Crippen LogP contribution in [-0.4, -0.2) is 103 Å². The Kier molecular flexibility index (Phi) is 10.8. The normalized spacial score (nSPS) is 20.3. The van der Waals surface area contributed by atoms with Crippen molar-refractivity contribution < 1.29 is 28.7 Å². The summed E-state index contributed by atoms with van der Waals surface area (Å²) in [6.45, 7) is 1.21. The number of nitrogens with zero attached hydrogens (tertiary/aromatic N) is 6. The minimum absolute atomic E-state index is 0. The van der Waals surface area contributed by atoms with Crippen LogP contribution < -0.4 is 10.6 Å². The first-order valence-corrected chi connectivity index (χ1v) is 18.6. The highest BCUT2D eigenvalue weighted by Gasteiger charge is 2.44. The third-order valence-corrected chi connectivity index (χ3v) is 10.9. The molecule has 4 amide bonds. The van der Waals surface area contributed by atoms with Crippen LogP contribution in [0.4, 0.5) is 9.59 Å². The third-order valence-electron chi connectivity index (χ3n) is 10.9. The fourth-order valence-corrected chi connectivity index (χ4v) is 7.70. The number of likely N-dealkylation sites (tertiary alicyclic amines) is 2. The summed E-state index contributed by atoms with van der Waals surface area (Å²) in [5.74, 6) is 2.06. The fraction of sp³-hybridized carbons (Fsp3) is 0.487. The summed E-state index contributed by atoms with van der Waals surface area (Å²) in [5.41, 5.74) is 4.12. The number of alkyl carbamates (subject to hydrolysis) is 2. The highest BCUT2D eigenvalue weighted by Crippen LogP contribution is 2.39. The molecular formula is C39H48N10O6. The second kappa shape index (κ2) is 15.9. The molecule has 2 aliphatic heterocycles. The number of ether oxygens (including phenoxy) is 2. The number of amides is 4. The number of hydrogen-bond donors (Lipinski definition) is 4. The number of imidazole rings is 2. The number of benzene rings is 1. The van der Waals surface area contributed by atoms with Crippen LogP contribution in [0.15, 0.2) is 49.1 Å². The van der Waals surface area contributed by atoms with Gasteiger partial charge >= 0.3 is 12.2 Å². The van der Waals surface area contributed by atoms with E-state index in [-0.39, 0.29) is 43.2 Å². The maximum Gasteiger partial charge on any atom is 0.407 e. The zero-order valence-electron chi connectivity index (χ0n) is 30.3. The lowest BCUT2D eigenvalue weighted by atomic mass is 10.1. The first kappa shape index (κ1) is 37.5. The molecule has 55 heavy (non-hydrogen) atoms. The summed E-state index contributed by atoms with van der Waals surface area (Å²) in [6, 6.07) is 6.28. The van der Waals surface area contributed by atoms with Gasteiger partial charge in [-0.1, -0.05) is 31.7 Å². The number of hydrogen-bond acceptors (Lipinski definition) is 10. The van der Waals surface area contributed by atoms with Crippen molar-refractivity contribution in [3.8, 4) is 33.9 Å². The number of rotatable bonds is 11. The van der Waals surface area contributed by atoms with Crippen molar-refractivity contribution in [2.24, 2.45) is 11.8 Å². The minimum atomic E-state index is -0.597. The molecule has 4 aromatic rings. The van der Waals surface area contributed by atoms with Crippen molar-refractivity contribution in [3.05, 3.63) is 60.7 Å². The summed E-state index contributed by atoms with van der Waals surface area (Å²) < 4.78 is 9.54. The van der Waals surface area contributed by atoms with Gasteiger partial charge in [0, 0.05) is 36.6 Å². The Morgan fingerprint density at radius 1 is 0.636 bits per heavy atom. The summed E-state index contributed by atoms with van der Waals surface area (Å²) in [4.78, 5) is 80.0. The van der Waals surface area contributed by atoms with Crippen LogP contribution >= 0.6 is 0 Å². The van der Waals surface area contributed by atoms with Gasteiger partial charge in [-0.05, 0) is 68.8 Å². The van der Waals surface area contributed by atoms with Crippen molar-refractivity contribution in [2.45, 2.75) is 83.0 Å². The summed E-state index contributed by atoms with van der Waals surface area (Å²) in [6.07, 6.45) is 12.7. The Morgan fingerprint density at radius 3 is 1.51 bits per heavy atom. The van der Waals surface area contributed by atoms with E-state index in [4.69, 9.17) is 9.47 Å².